The summed E-state index contributed by atoms with van der Waals surface area (Å²) in [4.78, 5) is 0. The molecule has 0 radical (unpaired) electrons. The molecule has 2 fully saturated rings. The predicted molar refractivity (Wildman–Crippen MR) is 142 cm³/mol. The van der Waals surface area contributed by atoms with Crippen molar-refractivity contribution in [3.63, 3.8) is 0 Å². The van der Waals surface area contributed by atoms with E-state index < -0.39 is 0 Å². The van der Waals surface area contributed by atoms with Crippen molar-refractivity contribution in [3.8, 4) is 0 Å². The van der Waals surface area contributed by atoms with Crippen LogP contribution in [0.3, 0.4) is 0 Å². The highest BCUT2D eigenvalue weighted by Crippen LogP contribution is 2.43. The molecular formula is C32H50O. The van der Waals surface area contributed by atoms with Crippen LogP contribution in [0.4, 0.5) is 0 Å². The maximum absolute atomic E-state index is 5.93. The molecule has 0 aromatic heterocycles. The molecule has 1 nitrogen and oxygen atoms in total. The van der Waals surface area contributed by atoms with Crippen LogP contribution in [0.1, 0.15) is 111 Å². The molecule has 4 unspecified atom stereocenters. The van der Waals surface area contributed by atoms with Gasteiger partial charge in [0, 0.05) is 6.42 Å². The maximum atomic E-state index is 5.93. The van der Waals surface area contributed by atoms with Crippen LogP contribution >= 0.6 is 0 Å². The van der Waals surface area contributed by atoms with Gasteiger partial charge in [-0.25, -0.2) is 0 Å². The number of allylic oxidation sites excluding steroid dienone is 6. The molecular weight excluding hydrogens is 400 g/mol. The fraction of sp³-hybridized carbons (Fsp3) is 0.750. The van der Waals surface area contributed by atoms with Crippen molar-refractivity contribution in [2.24, 2.45) is 35.5 Å². The van der Waals surface area contributed by atoms with E-state index in [4.69, 9.17) is 4.74 Å². The van der Waals surface area contributed by atoms with Gasteiger partial charge in [-0.1, -0.05) is 62.6 Å². The van der Waals surface area contributed by atoms with E-state index in [1.54, 1.807) is 11.1 Å². The van der Waals surface area contributed by atoms with Gasteiger partial charge < -0.3 is 4.74 Å². The van der Waals surface area contributed by atoms with E-state index in [9.17, 15) is 0 Å². The molecule has 4 atom stereocenters. The second-order valence-corrected chi connectivity index (χ2v) is 12.0. The zero-order valence-electron chi connectivity index (χ0n) is 22.0. The highest BCUT2D eigenvalue weighted by atomic mass is 16.5. The molecule has 1 heterocycles. The van der Waals surface area contributed by atoms with Gasteiger partial charge in [-0.15, -0.1) is 0 Å². The van der Waals surface area contributed by atoms with Crippen molar-refractivity contribution < 1.29 is 4.74 Å². The molecule has 1 aliphatic heterocycles. The van der Waals surface area contributed by atoms with Crippen molar-refractivity contribution in [1.29, 1.82) is 0 Å². The van der Waals surface area contributed by atoms with Crippen LogP contribution in [0, 0.1) is 35.5 Å². The lowest BCUT2D eigenvalue weighted by Gasteiger charge is -2.36. The van der Waals surface area contributed by atoms with Crippen LogP contribution in [-0.4, -0.2) is 6.10 Å². The molecule has 0 aromatic carbocycles. The summed E-state index contributed by atoms with van der Waals surface area (Å²) in [6.07, 6.45) is 29.6. The summed E-state index contributed by atoms with van der Waals surface area (Å²) in [5.41, 5.74) is 5.17. The Morgan fingerprint density at radius 2 is 1.73 bits per heavy atom. The van der Waals surface area contributed by atoms with Crippen LogP contribution < -0.4 is 0 Å². The first-order valence-corrected chi connectivity index (χ1v) is 14.4. The highest BCUT2D eigenvalue weighted by molar-refractivity contribution is 5.18. The van der Waals surface area contributed by atoms with Crippen LogP contribution in [0.5, 0.6) is 0 Å². The molecule has 184 valence electrons. The Kier molecular flexibility index (Phi) is 9.00. The Morgan fingerprint density at radius 1 is 1.00 bits per heavy atom. The van der Waals surface area contributed by atoms with E-state index in [2.05, 4.69) is 58.3 Å². The molecule has 0 bridgehead atoms. The first-order chi connectivity index (χ1) is 16.0. The van der Waals surface area contributed by atoms with Crippen molar-refractivity contribution in [1.82, 2.24) is 0 Å². The minimum Gasteiger partial charge on any atom is -0.497 e. The zero-order valence-corrected chi connectivity index (χ0v) is 22.0. The summed E-state index contributed by atoms with van der Waals surface area (Å²) in [6.45, 7) is 9.72. The molecule has 3 aliphatic carbocycles. The van der Waals surface area contributed by atoms with Gasteiger partial charge in [-0.05, 0) is 119 Å². The molecule has 1 heteroatoms. The topological polar surface area (TPSA) is 9.23 Å². The third-order valence-electron chi connectivity index (χ3n) is 9.49. The van der Waals surface area contributed by atoms with Gasteiger partial charge in [0.25, 0.3) is 0 Å². The number of hydrogen-bond acceptors (Lipinski definition) is 1. The summed E-state index contributed by atoms with van der Waals surface area (Å²) < 4.78 is 5.93. The lowest BCUT2D eigenvalue weighted by Crippen LogP contribution is -2.26. The summed E-state index contributed by atoms with van der Waals surface area (Å²) in [7, 11) is 0. The Hall–Kier alpha value is -1.24. The van der Waals surface area contributed by atoms with Crippen molar-refractivity contribution in [2.45, 2.75) is 117 Å². The Bertz CT molecular complexity index is 740. The maximum Gasteiger partial charge on any atom is 0.104 e. The third kappa shape index (κ3) is 6.89. The summed E-state index contributed by atoms with van der Waals surface area (Å²) in [6, 6.07) is 0. The van der Waals surface area contributed by atoms with E-state index >= 15 is 0 Å². The highest BCUT2D eigenvalue weighted by Gasteiger charge is 2.35. The van der Waals surface area contributed by atoms with E-state index in [-0.39, 0.29) is 0 Å². The van der Waals surface area contributed by atoms with Crippen LogP contribution in [-0.2, 0) is 4.74 Å². The first-order valence-electron chi connectivity index (χ1n) is 14.4. The van der Waals surface area contributed by atoms with E-state index in [1.165, 1.54) is 83.5 Å². The van der Waals surface area contributed by atoms with E-state index in [0.29, 0.717) is 12.0 Å². The number of rotatable bonds is 11. The number of unbranched alkanes of at least 4 members (excludes halogenated alkanes) is 1. The lowest BCUT2D eigenvalue weighted by molar-refractivity contribution is 0.149. The van der Waals surface area contributed by atoms with Gasteiger partial charge in [-0.3, -0.25) is 0 Å². The van der Waals surface area contributed by atoms with Gasteiger partial charge in [0.15, 0.2) is 0 Å². The molecule has 0 amide bonds. The van der Waals surface area contributed by atoms with Crippen LogP contribution in [0.15, 0.2) is 47.3 Å². The molecule has 0 spiro atoms. The molecule has 0 saturated heterocycles. The van der Waals surface area contributed by atoms with Crippen molar-refractivity contribution >= 4 is 0 Å². The van der Waals surface area contributed by atoms with Gasteiger partial charge >= 0.3 is 0 Å². The normalized spacial score (nSPS) is 33.5. The van der Waals surface area contributed by atoms with Gasteiger partial charge in [0.1, 0.15) is 6.10 Å². The second kappa shape index (κ2) is 11.9. The second-order valence-electron chi connectivity index (χ2n) is 12.0. The zero-order chi connectivity index (χ0) is 23.2. The summed E-state index contributed by atoms with van der Waals surface area (Å²) >= 11 is 0. The van der Waals surface area contributed by atoms with Crippen molar-refractivity contribution in [3.05, 3.63) is 47.3 Å². The largest absolute Gasteiger partial charge is 0.497 e. The van der Waals surface area contributed by atoms with Crippen molar-refractivity contribution in [2.75, 3.05) is 0 Å². The smallest absolute Gasteiger partial charge is 0.104 e. The fourth-order valence-electron chi connectivity index (χ4n) is 6.71. The van der Waals surface area contributed by atoms with Crippen LogP contribution in [0.2, 0.25) is 0 Å². The monoisotopic (exact) mass is 450 g/mol. The van der Waals surface area contributed by atoms with E-state index in [0.717, 1.165) is 29.6 Å². The first kappa shape index (κ1) is 24.9. The standard InChI is InChI=1S/C32H50O/c1-5-23(2)20-30(12-8-7-11-26-21-32(33-22-26)29-18-19-29)25(4)27-14-16-28(17-15-27)31-13-9-6-10-24(31)3/h6,9-10,13,22-24,27-29,31-32H,5,7-8,11-12,14-21H2,1-4H3/b30-25+. The predicted octanol–water partition coefficient (Wildman–Crippen LogP) is 9.57. The SMILES string of the molecule is CCC(C)C/C(CCCCC1=COC(C2CC2)C1)=C(\C)C1CCC(C2C=CC=CC2C)CC1. The molecule has 33 heavy (non-hydrogen) atoms. The molecule has 4 aliphatic rings. The molecule has 0 N–H and O–H groups in total. The minimum atomic E-state index is 0.529. The van der Waals surface area contributed by atoms with Gasteiger partial charge in [0.2, 0.25) is 0 Å². The Morgan fingerprint density at radius 3 is 2.42 bits per heavy atom. The van der Waals surface area contributed by atoms with E-state index in [1.807, 2.05) is 5.57 Å². The molecule has 0 aromatic rings. The molecule has 2 saturated carbocycles. The summed E-state index contributed by atoms with van der Waals surface area (Å²) in [5.74, 6) is 4.91. The average Bonchev–Trinajstić information content (AvgIpc) is 3.59. The Labute approximate surface area is 204 Å². The van der Waals surface area contributed by atoms with Crippen LogP contribution in [0.25, 0.3) is 0 Å². The van der Waals surface area contributed by atoms with Gasteiger partial charge in [-0.2, -0.15) is 0 Å². The third-order valence-corrected chi connectivity index (χ3v) is 9.49. The number of hydrogen-bond donors (Lipinski definition) is 0. The number of ether oxygens (including phenoxy) is 1. The quantitative estimate of drug-likeness (QED) is 0.225. The van der Waals surface area contributed by atoms with Gasteiger partial charge in [0.05, 0.1) is 6.26 Å². The lowest BCUT2D eigenvalue weighted by atomic mass is 9.69. The average molecular weight is 451 g/mol. The minimum absolute atomic E-state index is 0.529. The molecule has 4 rings (SSSR count). The summed E-state index contributed by atoms with van der Waals surface area (Å²) in [5, 5.41) is 0. The Balaban J connectivity index is 1.27. The fourth-order valence-corrected chi connectivity index (χ4v) is 6.71.